The lowest BCUT2D eigenvalue weighted by molar-refractivity contribution is -0.120. The van der Waals surface area contributed by atoms with Gasteiger partial charge in [0.05, 0.1) is 17.9 Å². The maximum absolute atomic E-state index is 13.2. The van der Waals surface area contributed by atoms with Gasteiger partial charge in [0.1, 0.15) is 16.5 Å². The number of anilines is 3. The van der Waals surface area contributed by atoms with Crippen molar-refractivity contribution in [1.29, 1.82) is 0 Å². The first-order valence-electron chi connectivity index (χ1n) is 10.8. The molecular formula is C26H19ClFN3O5. The number of nitrogens with zero attached hydrogens (tertiary/aromatic N) is 1. The first-order chi connectivity index (χ1) is 17.3. The van der Waals surface area contributed by atoms with Gasteiger partial charge >= 0.3 is 5.97 Å². The summed E-state index contributed by atoms with van der Waals surface area (Å²) in [6.07, 6.45) is 0. The van der Waals surface area contributed by atoms with Crippen LogP contribution in [0.4, 0.5) is 21.5 Å². The molecule has 1 aliphatic heterocycles. The van der Waals surface area contributed by atoms with E-state index in [1.165, 1.54) is 30.3 Å². The zero-order valence-electron chi connectivity index (χ0n) is 18.9. The molecule has 3 amide bonds. The monoisotopic (exact) mass is 507 g/mol. The zero-order valence-corrected chi connectivity index (χ0v) is 19.6. The molecule has 0 bridgehead atoms. The largest absolute Gasteiger partial charge is 0.462 e. The van der Waals surface area contributed by atoms with Gasteiger partial charge in [-0.15, -0.1) is 0 Å². The highest BCUT2D eigenvalue weighted by Crippen LogP contribution is 2.30. The number of ether oxygens (including phenoxy) is 1. The van der Waals surface area contributed by atoms with Gasteiger partial charge in [-0.3, -0.25) is 14.4 Å². The number of nitrogens with one attached hydrogen (secondary N) is 2. The summed E-state index contributed by atoms with van der Waals surface area (Å²) in [6, 6.07) is 17.3. The summed E-state index contributed by atoms with van der Waals surface area (Å²) in [7, 11) is 0. The Morgan fingerprint density at radius 3 is 2.28 bits per heavy atom. The molecule has 0 spiro atoms. The molecule has 3 aromatic carbocycles. The lowest BCUT2D eigenvalue weighted by atomic mass is 10.1. The number of esters is 1. The molecule has 0 saturated carbocycles. The number of carbonyl (C=O) groups is 4. The minimum atomic E-state index is -0.739. The second-order valence-corrected chi connectivity index (χ2v) is 7.95. The van der Waals surface area contributed by atoms with Gasteiger partial charge in [0.2, 0.25) is 0 Å². The Hall–Kier alpha value is -4.50. The van der Waals surface area contributed by atoms with E-state index in [1.807, 2.05) is 0 Å². The summed E-state index contributed by atoms with van der Waals surface area (Å²) >= 11 is 6.11. The smallest absolute Gasteiger partial charge is 0.338 e. The Balaban J connectivity index is 1.44. The molecule has 1 aliphatic rings. The maximum atomic E-state index is 13.2. The lowest BCUT2D eigenvalue weighted by Gasteiger charge is -2.15. The van der Waals surface area contributed by atoms with Gasteiger partial charge in [0.25, 0.3) is 17.7 Å². The molecule has 10 heteroatoms. The van der Waals surface area contributed by atoms with E-state index in [1.54, 1.807) is 37.3 Å². The molecule has 0 saturated heterocycles. The van der Waals surface area contributed by atoms with Gasteiger partial charge in [-0.2, -0.15) is 0 Å². The molecule has 182 valence electrons. The topological polar surface area (TPSA) is 105 Å². The summed E-state index contributed by atoms with van der Waals surface area (Å²) < 4.78 is 18.2. The van der Waals surface area contributed by atoms with Crippen molar-refractivity contribution >= 4 is 52.4 Å². The van der Waals surface area contributed by atoms with Crippen molar-refractivity contribution in [2.24, 2.45) is 0 Å². The van der Waals surface area contributed by atoms with E-state index in [0.717, 1.165) is 17.0 Å². The number of rotatable bonds is 7. The maximum Gasteiger partial charge on any atom is 0.338 e. The molecule has 0 atom stereocenters. The van der Waals surface area contributed by atoms with Crippen LogP contribution in [0.3, 0.4) is 0 Å². The number of halogens is 2. The van der Waals surface area contributed by atoms with E-state index in [4.69, 9.17) is 16.3 Å². The molecule has 0 fully saturated rings. The average Bonchev–Trinajstić information content (AvgIpc) is 3.08. The predicted molar refractivity (Wildman–Crippen MR) is 132 cm³/mol. The quantitative estimate of drug-likeness (QED) is 0.355. The molecule has 36 heavy (non-hydrogen) atoms. The van der Waals surface area contributed by atoms with Crippen LogP contribution in [-0.2, 0) is 14.3 Å². The molecule has 8 nitrogen and oxygen atoms in total. The van der Waals surface area contributed by atoms with Crippen molar-refractivity contribution in [2.75, 3.05) is 22.1 Å². The van der Waals surface area contributed by atoms with Crippen molar-refractivity contribution in [3.63, 3.8) is 0 Å². The van der Waals surface area contributed by atoms with Gasteiger partial charge in [-0.05, 0) is 73.7 Å². The summed E-state index contributed by atoms with van der Waals surface area (Å²) in [4.78, 5) is 50.7. The second-order valence-electron chi connectivity index (χ2n) is 7.57. The molecule has 3 aromatic rings. The molecule has 4 rings (SSSR count). The lowest BCUT2D eigenvalue weighted by Crippen LogP contribution is -2.32. The Kier molecular flexibility index (Phi) is 7.12. The zero-order chi connectivity index (χ0) is 25.8. The van der Waals surface area contributed by atoms with Gasteiger partial charge in [0.15, 0.2) is 0 Å². The summed E-state index contributed by atoms with van der Waals surface area (Å²) in [5.74, 6) is -2.85. The molecule has 0 radical (unpaired) electrons. The van der Waals surface area contributed by atoms with Gasteiger partial charge in [0, 0.05) is 16.9 Å². The summed E-state index contributed by atoms with van der Waals surface area (Å²) in [5, 5.41) is 5.20. The Morgan fingerprint density at radius 2 is 1.61 bits per heavy atom. The molecular weight excluding hydrogens is 489 g/mol. The molecule has 0 aliphatic carbocycles. The normalized spacial score (nSPS) is 13.1. The van der Waals surface area contributed by atoms with Crippen LogP contribution in [0.2, 0.25) is 0 Å². The van der Waals surface area contributed by atoms with Crippen LogP contribution in [0.1, 0.15) is 27.6 Å². The van der Waals surface area contributed by atoms with Crippen LogP contribution < -0.4 is 15.5 Å². The van der Waals surface area contributed by atoms with Gasteiger partial charge in [-0.25, -0.2) is 14.1 Å². The number of hydrogen-bond acceptors (Lipinski definition) is 6. The fourth-order valence-electron chi connectivity index (χ4n) is 3.43. The van der Waals surface area contributed by atoms with Crippen LogP contribution in [0.5, 0.6) is 0 Å². The van der Waals surface area contributed by atoms with Crippen molar-refractivity contribution in [1.82, 2.24) is 0 Å². The minimum absolute atomic E-state index is 0.140. The standard InChI is InChI=1S/C26H19ClFN3O5/c1-2-36-26(35)16-4-3-5-19(14-16)30-23(32)15-6-10-18(11-7-15)29-22-21(27)24(33)31(25(22)34)20-12-8-17(28)9-13-20/h3-14,29H,2H2,1H3,(H,30,32). The SMILES string of the molecule is CCOC(=O)c1cccc(NC(=O)c2ccc(NC3=C(Cl)C(=O)N(c4ccc(F)cc4)C3=O)cc2)c1. The highest BCUT2D eigenvalue weighted by Gasteiger charge is 2.38. The van der Waals surface area contributed by atoms with E-state index >= 15 is 0 Å². The molecule has 2 N–H and O–H groups in total. The number of imide groups is 1. The third-order valence-electron chi connectivity index (χ3n) is 5.16. The molecule has 0 unspecified atom stereocenters. The van der Waals surface area contributed by atoms with Crippen LogP contribution in [0, 0.1) is 5.82 Å². The summed E-state index contributed by atoms with van der Waals surface area (Å²) in [5.41, 5.74) is 1.49. The summed E-state index contributed by atoms with van der Waals surface area (Å²) in [6.45, 7) is 1.94. The minimum Gasteiger partial charge on any atom is -0.462 e. The third-order valence-corrected chi connectivity index (χ3v) is 5.51. The van der Waals surface area contributed by atoms with Gasteiger partial charge < -0.3 is 15.4 Å². The number of hydrogen-bond donors (Lipinski definition) is 2. The Labute approximate surface area is 210 Å². The van der Waals surface area contributed by atoms with E-state index in [2.05, 4.69) is 10.6 Å². The van der Waals surface area contributed by atoms with E-state index in [9.17, 15) is 23.6 Å². The van der Waals surface area contributed by atoms with Crippen LogP contribution >= 0.6 is 11.6 Å². The average molecular weight is 508 g/mol. The number of carbonyl (C=O) groups excluding carboxylic acids is 4. The van der Waals surface area contributed by atoms with Crippen molar-refractivity contribution in [3.8, 4) is 0 Å². The van der Waals surface area contributed by atoms with Crippen molar-refractivity contribution < 1.29 is 28.3 Å². The second kappa shape index (κ2) is 10.4. The van der Waals surface area contributed by atoms with Crippen molar-refractivity contribution in [2.45, 2.75) is 6.92 Å². The van der Waals surface area contributed by atoms with Crippen LogP contribution in [-0.4, -0.2) is 30.3 Å². The van der Waals surface area contributed by atoms with E-state index < -0.39 is 29.5 Å². The Morgan fingerprint density at radius 1 is 0.917 bits per heavy atom. The fraction of sp³-hybridized carbons (Fsp3) is 0.0769. The first kappa shape index (κ1) is 24.6. The van der Waals surface area contributed by atoms with E-state index in [0.29, 0.717) is 22.5 Å². The first-order valence-corrected chi connectivity index (χ1v) is 11.2. The predicted octanol–water partition coefficient (Wildman–Crippen LogP) is 4.69. The van der Waals surface area contributed by atoms with Gasteiger partial charge in [-0.1, -0.05) is 17.7 Å². The highest BCUT2D eigenvalue weighted by molar-refractivity contribution is 6.53. The molecule has 0 aromatic heterocycles. The molecule has 1 heterocycles. The fourth-order valence-corrected chi connectivity index (χ4v) is 3.64. The third kappa shape index (κ3) is 5.11. The van der Waals surface area contributed by atoms with Crippen LogP contribution in [0.25, 0.3) is 0 Å². The van der Waals surface area contributed by atoms with Crippen molar-refractivity contribution in [3.05, 3.63) is 100 Å². The number of benzene rings is 3. The van der Waals surface area contributed by atoms with E-state index in [-0.39, 0.29) is 23.0 Å². The highest BCUT2D eigenvalue weighted by atomic mass is 35.5. The van der Waals surface area contributed by atoms with Crippen LogP contribution in [0.15, 0.2) is 83.5 Å². The number of amides is 3. The Bertz CT molecular complexity index is 1390.